The van der Waals surface area contributed by atoms with Gasteiger partial charge in [0, 0.05) is 50.2 Å². The maximum atomic E-state index is 11.7. The van der Waals surface area contributed by atoms with E-state index in [9.17, 15) is 35.7 Å². The number of nitrogens with one attached hydrogen (secondary N) is 2. The summed E-state index contributed by atoms with van der Waals surface area (Å²) in [6, 6.07) is -3.26. The number of hydrogen-bond acceptors (Lipinski definition) is 17. The minimum Gasteiger partial charge on any atom is -0.394 e. The molecular weight excluding hydrogens is 548 g/mol. The zero-order valence-corrected chi connectivity index (χ0v) is 23.0. The summed E-state index contributed by atoms with van der Waals surface area (Å²) in [5, 5.41) is 87.4. The Hall–Kier alpha value is -0.680. The van der Waals surface area contributed by atoms with Crippen molar-refractivity contribution >= 4 is 0 Å². The highest BCUT2D eigenvalue weighted by molar-refractivity contribution is 5.06. The zero-order valence-electron chi connectivity index (χ0n) is 23.0. The summed E-state index contributed by atoms with van der Waals surface area (Å²) in [5.41, 5.74) is 24.4. The van der Waals surface area contributed by atoms with Crippen molar-refractivity contribution in [3.05, 3.63) is 0 Å². The van der Waals surface area contributed by atoms with Crippen LogP contribution in [-0.4, -0.2) is 172 Å². The number of aliphatic hydroxyl groups excluding tert-OH is 8. The number of nitrogens with two attached hydrogens (primary N) is 4. The second-order valence-electron chi connectivity index (χ2n) is 11.4. The van der Waals surface area contributed by atoms with E-state index >= 15 is 0 Å². The molecule has 0 radical (unpaired) electrons. The molecule has 0 aromatic carbocycles. The Morgan fingerprint density at radius 3 is 2.20 bits per heavy atom. The summed E-state index contributed by atoms with van der Waals surface area (Å²) >= 11 is 0. The third kappa shape index (κ3) is 8.49. The van der Waals surface area contributed by atoms with E-state index in [0.29, 0.717) is 0 Å². The highest BCUT2D eigenvalue weighted by Gasteiger charge is 2.53. The van der Waals surface area contributed by atoms with E-state index in [0.717, 1.165) is 0 Å². The Bertz CT molecular complexity index is 778. The molecule has 0 bridgehead atoms. The Morgan fingerprint density at radius 2 is 1.56 bits per heavy atom. The summed E-state index contributed by atoms with van der Waals surface area (Å²) < 4.78 is 17.8. The van der Waals surface area contributed by atoms with Crippen LogP contribution in [0.15, 0.2) is 0 Å². The largest absolute Gasteiger partial charge is 0.394 e. The van der Waals surface area contributed by atoms with Crippen molar-refractivity contribution in [3.8, 4) is 0 Å². The maximum Gasteiger partial charge on any atom is 0.186 e. The van der Waals surface area contributed by atoms with Crippen LogP contribution in [0.3, 0.4) is 0 Å². The van der Waals surface area contributed by atoms with Crippen LogP contribution < -0.4 is 33.6 Å². The fourth-order valence-corrected chi connectivity index (χ4v) is 5.84. The van der Waals surface area contributed by atoms with E-state index in [1.807, 2.05) is 0 Å². The number of hydrogen-bond donors (Lipinski definition) is 14. The molecule has 2 saturated heterocycles. The molecule has 0 aromatic heterocycles. The summed E-state index contributed by atoms with van der Waals surface area (Å²) in [6.07, 6.45) is -11.9. The normalized spacial score (nSPS) is 45.4. The summed E-state index contributed by atoms with van der Waals surface area (Å²) in [4.78, 5) is 0. The summed E-state index contributed by atoms with van der Waals surface area (Å²) in [7, 11) is 0. The monoisotopic (exact) mass is 598 g/mol. The molecule has 2 heterocycles. The molecule has 2 aliphatic heterocycles. The van der Waals surface area contributed by atoms with Gasteiger partial charge < -0.3 is 88.6 Å². The van der Waals surface area contributed by atoms with Gasteiger partial charge in [0.05, 0.1) is 55.9 Å². The average Bonchev–Trinajstić information content (AvgIpc) is 2.94. The van der Waals surface area contributed by atoms with Crippen molar-refractivity contribution in [2.75, 3.05) is 39.4 Å². The van der Waals surface area contributed by atoms with Crippen molar-refractivity contribution in [1.82, 2.24) is 10.6 Å². The summed E-state index contributed by atoms with van der Waals surface area (Å²) in [5.74, 6) is -0.806. The van der Waals surface area contributed by atoms with Crippen LogP contribution >= 0.6 is 0 Å². The van der Waals surface area contributed by atoms with Crippen LogP contribution in [0.5, 0.6) is 0 Å². The van der Waals surface area contributed by atoms with E-state index in [4.69, 9.17) is 42.3 Å². The molecule has 17 heteroatoms. The lowest BCUT2D eigenvalue weighted by Gasteiger charge is -2.51. The molecule has 3 fully saturated rings. The Kier molecular flexibility index (Phi) is 13.5. The molecule has 41 heavy (non-hydrogen) atoms. The summed E-state index contributed by atoms with van der Waals surface area (Å²) in [6.45, 7) is -0.793. The topological polar surface area (TPSA) is 318 Å². The minimum absolute atomic E-state index is 0.0182. The second kappa shape index (κ2) is 15.9. The molecule has 0 spiro atoms. The van der Waals surface area contributed by atoms with E-state index in [-0.39, 0.29) is 39.0 Å². The number of aliphatic hydroxyl groups is 8. The Morgan fingerprint density at radius 1 is 0.854 bits per heavy atom. The molecular formula is C24H50N6O11. The van der Waals surface area contributed by atoms with Crippen LogP contribution in [-0.2, 0) is 14.2 Å². The lowest BCUT2D eigenvalue weighted by molar-refractivity contribution is -0.307. The fourth-order valence-electron chi connectivity index (χ4n) is 5.84. The molecule has 16 unspecified atom stereocenters. The molecule has 0 amide bonds. The van der Waals surface area contributed by atoms with E-state index < -0.39 is 111 Å². The van der Waals surface area contributed by atoms with Gasteiger partial charge in [-0.3, -0.25) is 0 Å². The minimum atomic E-state index is -1.50. The van der Waals surface area contributed by atoms with Gasteiger partial charge in [0.2, 0.25) is 0 Å². The molecule has 1 saturated carbocycles. The fraction of sp³-hybridized carbons (Fsp3) is 1.00. The second-order valence-corrected chi connectivity index (χ2v) is 11.4. The third-order valence-electron chi connectivity index (χ3n) is 8.28. The van der Waals surface area contributed by atoms with Gasteiger partial charge in [0.15, 0.2) is 6.29 Å². The van der Waals surface area contributed by atoms with Gasteiger partial charge in [-0.1, -0.05) is 0 Å². The molecule has 3 rings (SSSR count). The number of ether oxygens (including phenoxy) is 3. The highest BCUT2D eigenvalue weighted by Crippen LogP contribution is 2.36. The van der Waals surface area contributed by atoms with E-state index in [2.05, 4.69) is 10.6 Å². The van der Waals surface area contributed by atoms with Crippen LogP contribution in [0.1, 0.15) is 12.8 Å². The van der Waals surface area contributed by atoms with Gasteiger partial charge in [-0.25, -0.2) is 0 Å². The quantitative estimate of drug-likeness (QED) is 0.0935. The van der Waals surface area contributed by atoms with Gasteiger partial charge in [-0.15, -0.1) is 0 Å². The van der Waals surface area contributed by atoms with E-state index in [1.165, 1.54) is 0 Å². The van der Waals surface area contributed by atoms with Crippen molar-refractivity contribution in [2.45, 2.75) is 104 Å². The van der Waals surface area contributed by atoms with Crippen molar-refractivity contribution in [3.63, 3.8) is 0 Å². The smallest absolute Gasteiger partial charge is 0.186 e. The van der Waals surface area contributed by atoms with Crippen LogP contribution in [0, 0.1) is 5.92 Å². The SMILES string of the molecule is NCC(O)CNC1CC(N)C(C2OC(CNCC(O)CO)C(O)CC2N)C(O)C1OC1OC(CO)C(O)C(N)C1O. The third-order valence-corrected chi connectivity index (χ3v) is 8.28. The van der Waals surface area contributed by atoms with Crippen molar-refractivity contribution in [1.29, 1.82) is 0 Å². The molecule has 0 aromatic rings. The lowest BCUT2D eigenvalue weighted by Crippen LogP contribution is -2.70. The molecule has 18 N–H and O–H groups in total. The van der Waals surface area contributed by atoms with E-state index in [1.54, 1.807) is 0 Å². The van der Waals surface area contributed by atoms with Crippen molar-refractivity contribution in [2.24, 2.45) is 28.9 Å². The molecule has 17 nitrogen and oxygen atoms in total. The molecule has 16 atom stereocenters. The maximum absolute atomic E-state index is 11.7. The van der Waals surface area contributed by atoms with Crippen molar-refractivity contribution < 1.29 is 55.1 Å². The first-order valence-electron chi connectivity index (χ1n) is 14.1. The first kappa shape index (κ1) is 34.8. The van der Waals surface area contributed by atoms with Crippen LogP contribution in [0.4, 0.5) is 0 Å². The zero-order chi connectivity index (χ0) is 30.4. The predicted octanol–water partition coefficient (Wildman–Crippen LogP) is -8.09. The standard InChI is InChI=1S/C24H50N6O11/c25-3-9(33)5-30-13-1-11(26)17(22-12(27)2-14(35)15(39-22)6-29-4-10(34)7-31)20(37)23(13)41-24-21(38)18(28)19(36)16(8-32)40-24/h9-24,29-38H,1-8,25-28H2. The van der Waals surface area contributed by atoms with Gasteiger partial charge in [-0.05, 0) is 12.8 Å². The molecule has 1 aliphatic carbocycles. The lowest BCUT2D eigenvalue weighted by atomic mass is 9.72. The van der Waals surface area contributed by atoms with Gasteiger partial charge >= 0.3 is 0 Å². The van der Waals surface area contributed by atoms with Crippen LogP contribution in [0.25, 0.3) is 0 Å². The first-order valence-corrected chi connectivity index (χ1v) is 14.1. The predicted molar refractivity (Wildman–Crippen MR) is 143 cm³/mol. The first-order chi connectivity index (χ1) is 19.4. The Labute approximate surface area is 238 Å². The average molecular weight is 599 g/mol. The van der Waals surface area contributed by atoms with Gasteiger partial charge in [0.1, 0.15) is 24.4 Å². The Balaban J connectivity index is 1.81. The van der Waals surface area contributed by atoms with Gasteiger partial charge in [-0.2, -0.15) is 0 Å². The van der Waals surface area contributed by atoms with Gasteiger partial charge in [0.25, 0.3) is 0 Å². The molecule has 3 aliphatic rings. The highest BCUT2D eigenvalue weighted by atomic mass is 16.7. The van der Waals surface area contributed by atoms with Crippen LogP contribution in [0.2, 0.25) is 0 Å². The number of rotatable bonds is 13. The molecule has 242 valence electrons.